The summed E-state index contributed by atoms with van der Waals surface area (Å²) in [7, 11) is 5.35. The van der Waals surface area contributed by atoms with E-state index in [-0.39, 0.29) is 11.8 Å². The molecule has 0 bridgehead atoms. The normalized spacial score (nSPS) is 22.7. The van der Waals surface area contributed by atoms with Crippen LogP contribution in [0.3, 0.4) is 0 Å². The lowest BCUT2D eigenvalue weighted by Gasteiger charge is -2.48. The van der Waals surface area contributed by atoms with Crippen molar-refractivity contribution in [2.45, 2.75) is 39.0 Å². The van der Waals surface area contributed by atoms with Crippen molar-refractivity contribution < 1.29 is 14.3 Å². The molecule has 1 aromatic rings. The molecule has 1 aromatic carbocycles. The lowest BCUT2D eigenvalue weighted by Crippen LogP contribution is -2.60. The SMILES string of the molecule is CCC1(c2cccc(OC)c2)C(=O)NC(=O)CC1(C)C.CNC. The van der Waals surface area contributed by atoms with Gasteiger partial charge in [-0.1, -0.05) is 32.9 Å². The van der Waals surface area contributed by atoms with E-state index in [2.05, 4.69) is 10.6 Å². The van der Waals surface area contributed by atoms with E-state index in [1.165, 1.54) is 0 Å². The number of benzene rings is 1. The molecule has 2 amide bonds. The molecule has 5 heteroatoms. The first-order valence-corrected chi connectivity index (χ1v) is 7.86. The summed E-state index contributed by atoms with van der Waals surface area (Å²) in [5.41, 5.74) is -0.252. The quantitative estimate of drug-likeness (QED) is 0.838. The Balaban J connectivity index is 0.000000816. The number of ether oxygens (including phenoxy) is 1. The van der Waals surface area contributed by atoms with E-state index >= 15 is 0 Å². The minimum atomic E-state index is -0.713. The molecular weight excluding hydrogens is 292 g/mol. The van der Waals surface area contributed by atoms with Gasteiger partial charge in [0.2, 0.25) is 11.8 Å². The van der Waals surface area contributed by atoms with Gasteiger partial charge in [0.25, 0.3) is 0 Å². The first-order chi connectivity index (χ1) is 10.8. The molecule has 0 radical (unpaired) electrons. The summed E-state index contributed by atoms with van der Waals surface area (Å²) in [4.78, 5) is 24.3. The Morgan fingerprint density at radius 3 is 2.35 bits per heavy atom. The van der Waals surface area contributed by atoms with Crippen molar-refractivity contribution in [1.82, 2.24) is 10.6 Å². The van der Waals surface area contributed by atoms with E-state index in [1.54, 1.807) is 7.11 Å². The topological polar surface area (TPSA) is 67.4 Å². The van der Waals surface area contributed by atoms with Gasteiger partial charge in [0.05, 0.1) is 12.5 Å². The average molecular weight is 320 g/mol. The number of carbonyl (C=O) groups excluding carboxylic acids is 2. The summed E-state index contributed by atoms with van der Waals surface area (Å²) in [6, 6.07) is 7.56. The second kappa shape index (κ2) is 7.59. The summed E-state index contributed by atoms with van der Waals surface area (Å²) in [6.07, 6.45) is 0.968. The Hall–Kier alpha value is -1.88. The van der Waals surface area contributed by atoms with Gasteiger partial charge in [-0.15, -0.1) is 0 Å². The zero-order valence-corrected chi connectivity index (χ0v) is 14.9. The van der Waals surface area contributed by atoms with Crippen LogP contribution in [-0.4, -0.2) is 33.0 Å². The highest BCUT2D eigenvalue weighted by molar-refractivity contribution is 6.04. The maximum Gasteiger partial charge on any atom is 0.237 e. The molecule has 0 saturated carbocycles. The summed E-state index contributed by atoms with van der Waals surface area (Å²) < 4.78 is 5.26. The number of amides is 2. The predicted molar refractivity (Wildman–Crippen MR) is 91.5 cm³/mol. The van der Waals surface area contributed by atoms with E-state index < -0.39 is 10.8 Å². The van der Waals surface area contributed by atoms with Crippen molar-refractivity contribution in [3.05, 3.63) is 29.8 Å². The second-order valence-corrected chi connectivity index (χ2v) is 6.43. The van der Waals surface area contributed by atoms with Crippen molar-refractivity contribution in [2.75, 3.05) is 21.2 Å². The van der Waals surface area contributed by atoms with Crippen LogP contribution in [0.5, 0.6) is 5.75 Å². The Labute approximate surface area is 138 Å². The molecule has 1 unspecified atom stereocenters. The molecule has 1 aliphatic rings. The third-order valence-electron chi connectivity index (χ3n) is 4.49. The molecule has 1 fully saturated rings. The summed E-state index contributed by atoms with van der Waals surface area (Å²) in [6.45, 7) is 5.94. The van der Waals surface area contributed by atoms with Crippen LogP contribution >= 0.6 is 0 Å². The molecule has 23 heavy (non-hydrogen) atoms. The summed E-state index contributed by atoms with van der Waals surface area (Å²) in [5, 5.41) is 5.24. The molecule has 1 heterocycles. The van der Waals surface area contributed by atoms with Gasteiger partial charge in [0.1, 0.15) is 5.75 Å². The van der Waals surface area contributed by atoms with Crippen LogP contribution in [0.25, 0.3) is 0 Å². The van der Waals surface area contributed by atoms with Gasteiger partial charge in [-0.2, -0.15) is 0 Å². The van der Waals surface area contributed by atoms with Gasteiger partial charge < -0.3 is 10.1 Å². The fourth-order valence-electron chi connectivity index (χ4n) is 3.39. The van der Waals surface area contributed by atoms with Crippen molar-refractivity contribution in [3.8, 4) is 5.75 Å². The zero-order chi connectivity index (χ0) is 17.7. The molecule has 0 aliphatic carbocycles. The van der Waals surface area contributed by atoms with Crippen LogP contribution in [0, 0.1) is 5.41 Å². The maximum absolute atomic E-state index is 12.6. The predicted octanol–water partition coefficient (Wildman–Crippen LogP) is 2.25. The molecule has 2 N–H and O–H groups in total. The number of nitrogens with one attached hydrogen (secondary N) is 2. The number of imide groups is 1. The van der Waals surface area contributed by atoms with Crippen molar-refractivity contribution >= 4 is 11.8 Å². The van der Waals surface area contributed by atoms with E-state index in [9.17, 15) is 9.59 Å². The molecule has 0 spiro atoms. The first-order valence-electron chi connectivity index (χ1n) is 7.86. The van der Waals surface area contributed by atoms with Gasteiger partial charge in [-0.05, 0) is 43.6 Å². The molecule has 128 valence electrons. The Morgan fingerprint density at radius 2 is 1.87 bits per heavy atom. The lowest BCUT2D eigenvalue weighted by molar-refractivity contribution is -0.145. The van der Waals surface area contributed by atoms with E-state index in [4.69, 9.17) is 4.74 Å². The third-order valence-corrected chi connectivity index (χ3v) is 4.49. The summed E-state index contributed by atoms with van der Waals surface area (Å²) in [5.74, 6) is 0.303. The number of carbonyl (C=O) groups is 2. The number of hydrogen-bond acceptors (Lipinski definition) is 4. The number of rotatable bonds is 3. The van der Waals surface area contributed by atoms with Crippen LogP contribution in [0.2, 0.25) is 0 Å². The molecule has 1 aliphatic heterocycles. The average Bonchev–Trinajstić information content (AvgIpc) is 2.47. The smallest absolute Gasteiger partial charge is 0.237 e. The largest absolute Gasteiger partial charge is 0.497 e. The van der Waals surface area contributed by atoms with Crippen molar-refractivity contribution in [3.63, 3.8) is 0 Å². The van der Waals surface area contributed by atoms with Crippen molar-refractivity contribution in [1.29, 1.82) is 0 Å². The van der Waals surface area contributed by atoms with Crippen LogP contribution in [0.1, 0.15) is 39.2 Å². The Bertz CT molecular complexity index is 569. The van der Waals surface area contributed by atoms with Crippen LogP contribution in [0.15, 0.2) is 24.3 Å². The highest BCUT2D eigenvalue weighted by atomic mass is 16.5. The van der Waals surface area contributed by atoms with E-state index in [0.717, 1.165) is 11.3 Å². The number of hydrogen-bond donors (Lipinski definition) is 2. The molecule has 1 saturated heterocycles. The highest BCUT2D eigenvalue weighted by Gasteiger charge is 2.55. The minimum absolute atomic E-state index is 0.202. The molecule has 2 rings (SSSR count). The van der Waals surface area contributed by atoms with Gasteiger partial charge in [0, 0.05) is 6.42 Å². The Morgan fingerprint density at radius 1 is 1.26 bits per heavy atom. The van der Waals surface area contributed by atoms with Crippen molar-refractivity contribution in [2.24, 2.45) is 5.41 Å². The van der Waals surface area contributed by atoms with Crippen LogP contribution in [-0.2, 0) is 15.0 Å². The lowest BCUT2D eigenvalue weighted by atomic mass is 9.56. The van der Waals surface area contributed by atoms with Gasteiger partial charge in [0.15, 0.2) is 0 Å². The van der Waals surface area contributed by atoms with Gasteiger partial charge >= 0.3 is 0 Å². The third kappa shape index (κ3) is 3.55. The summed E-state index contributed by atoms with van der Waals surface area (Å²) >= 11 is 0. The van der Waals surface area contributed by atoms with Gasteiger partial charge in [-0.3, -0.25) is 14.9 Å². The number of methoxy groups -OCH3 is 1. The zero-order valence-electron chi connectivity index (χ0n) is 14.9. The standard InChI is InChI=1S/C16H21NO3.C2H7N/c1-5-16(11-7-6-8-12(9-11)20-4)14(19)17-13(18)10-15(16,2)3;1-3-2/h6-9H,5,10H2,1-4H3,(H,17,18,19);3H,1-2H3. The molecule has 5 nitrogen and oxygen atoms in total. The molecule has 0 aromatic heterocycles. The van der Waals surface area contributed by atoms with Crippen LogP contribution in [0.4, 0.5) is 0 Å². The van der Waals surface area contributed by atoms with Gasteiger partial charge in [-0.25, -0.2) is 0 Å². The fourth-order valence-corrected chi connectivity index (χ4v) is 3.39. The monoisotopic (exact) mass is 320 g/mol. The molecular formula is C18H28N2O3. The highest BCUT2D eigenvalue weighted by Crippen LogP contribution is 2.49. The van der Waals surface area contributed by atoms with E-state index in [1.807, 2.05) is 59.1 Å². The second-order valence-electron chi connectivity index (χ2n) is 6.43. The fraction of sp³-hybridized carbons (Fsp3) is 0.556. The number of piperidine rings is 1. The first kappa shape index (κ1) is 19.2. The Kier molecular flexibility index (Phi) is 6.33. The minimum Gasteiger partial charge on any atom is -0.497 e. The molecule has 1 atom stereocenters. The van der Waals surface area contributed by atoms with E-state index in [0.29, 0.717) is 12.8 Å². The van der Waals surface area contributed by atoms with Crippen LogP contribution < -0.4 is 15.4 Å². The maximum atomic E-state index is 12.6.